The lowest BCUT2D eigenvalue weighted by molar-refractivity contribution is -0.158. The number of cyclic esters (lactones) is 1. The number of anilines is 1. The summed E-state index contributed by atoms with van der Waals surface area (Å²) in [5.74, 6) is -8.51. The van der Waals surface area contributed by atoms with Gasteiger partial charge in [-0.05, 0) is 30.9 Å². The molecule has 16 heteroatoms. The average Bonchev–Trinajstić information content (AvgIpc) is 3.62. The van der Waals surface area contributed by atoms with Crippen molar-refractivity contribution in [3.63, 3.8) is 0 Å². The lowest BCUT2D eigenvalue weighted by Crippen LogP contribution is -2.48. The molecular formula is C24H16F6N4O6. The number of ether oxygens (including phenoxy) is 1. The molecule has 1 aliphatic heterocycles. The molecule has 3 aromatic rings. The summed E-state index contributed by atoms with van der Waals surface area (Å²) >= 11 is 0. The fourth-order valence-electron chi connectivity index (χ4n) is 4.33. The van der Waals surface area contributed by atoms with Crippen LogP contribution in [0.2, 0.25) is 0 Å². The van der Waals surface area contributed by atoms with Gasteiger partial charge < -0.3 is 15.2 Å². The Balaban J connectivity index is 1.69. The summed E-state index contributed by atoms with van der Waals surface area (Å²) in [6.07, 6.45) is -6.62. The number of carbonyl (C=O) groups excluding carboxylic acids is 2. The van der Waals surface area contributed by atoms with E-state index in [1.807, 2.05) is 0 Å². The molecule has 0 spiro atoms. The zero-order valence-corrected chi connectivity index (χ0v) is 19.8. The Hall–Kier alpha value is -4.63. The molecule has 5 rings (SSSR count). The summed E-state index contributed by atoms with van der Waals surface area (Å²) in [7, 11) is 0. The third kappa shape index (κ3) is 4.80. The minimum atomic E-state index is -4.84. The molecule has 1 aromatic carbocycles. The smallest absolute Gasteiger partial charge is 0.416 e. The van der Waals surface area contributed by atoms with Crippen LogP contribution in [0.1, 0.15) is 23.2 Å². The first kappa shape index (κ1) is 27.0. The Morgan fingerprint density at radius 2 is 1.75 bits per heavy atom. The van der Waals surface area contributed by atoms with Crippen LogP contribution in [0.4, 0.5) is 37.0 Å². The van der Waals surface area contributed by atoms with Gasteiger partial charge in [-0.2, -0.15) is 13.2 Å². The van der Waals surface area contributed by atoms with Crippen molar-refractivity contribution in [3.05, 3.63) is 63.7 Å². The number of pyridine rings is 2. The number of nitrogens with zero attached hydrogens (tertiary/aromatic N) is 3. The monoisotopic (exact) mass is 570 g/mol. The molecule has 0 bridgehead atoms. The first-order valence-electron chi connectivity index (χ1n) is 11.6. The lowest BCUT2D eigenvalue weighted by atomic mass is 10.1. The molecule has 210 valence electrons. The number of nitrogens with one attached hydrogen (secondary N) is 1. The molecular weight excluding hydrogens is 554 g/mol. The van der Waals surface area contributed by atoms with E-state index in [0.717, 1.165) is 17.0 Å². The van der Waals surface area contributed by atoms with E-state index in [0.29, 0.717) is 10.8 Å². The quantitative estimate of drug-likeness (QED) is 0.435. The van der Waals surface area contributed by atoms with E-state index < -0.39 is 93.9 Å². The number of carboxylic acids is 1. The molecule has 2 N–H and O–H groups in total. The van der Waals surface area contributed by atoms with Crippen LogP contribution in [-0.4, -0.2) is 57.5 Å². The molecule has 0 radical (unpaired) electrons. The third-order valence-corrected chi connectivity index (χ3v) is 6.40. The van der Waals surface area contributed by atoms with Gasteiger partial charge in [0.2, 0.25) is 11.5 Å². The van der Waals surface area contributed by atoms with Crippen molar-refractivity contribution in [2.75, 3.05) is 11.4 Å². The molecule has 2 amide bonds. The molecule has 1 unspecified atom stereocenters. The summed E-state index contributed by atoms with van der Waals surface area (Å²) in [5.41, 5.74) is -3.70. The van der Waals surface area contributed by atoms with Gasteiger partial charge in [-0.15, -0.1) is 0 Å². The highest BCUT2D eigenvalue weighted by molar-refractivity contribution is 5.98. The van der Waals surface area contributed by atoms with Crippen LogP contribution >= 0.6 is 0 Å². The Morgan fingerprint density at radius 1 is 1.10 bits per heavy atom. The largest absolute Gasteiger partial charge is 0.478 e. The lowest BCUT2D eigenvalue weighted by Gasteiger charge is -2.22. The Kier molecular flexibility index (Phi) is 6.42. The molecule has 2 atom stereocenters. The number of carbonyl (C=O) groups is 3. The van der Waals surface area contributed by atoms with Crippen LogP contribution < -0.4 is 15.6 Å². The maximum atomic E-state index is 14.8. The SMILES string of the molecule is O=C(NC(C1CC1)C(F)(F)F)c1cn(-c2c(F)cc(F)cc2F)c2nc(N3C[C@@H](C(=O)O)OC3=O)ccc2c1=O. The van der Waals surface area contributed by atoms with Crippen LogP contribution in [-0.2, 0) is 9.53 Å². The molecule has 10 nitrogen and oxygen atoms in total. The van der Waals surface area contributed by atoms with Crippen molar-refractivity contribution in [2.24, 2.45) is 5.92 Å². The van der Waals surface area contributed by atoms with E-state index in [2.05, 4.69) is 4.98 Å². The minimum Gasteiger partial charge on any atom is -0.478 e. The number of carboxylic acid groups (broad SMARTS) is 1. The highest BCUT2D eigenvalue weighted by Gasteiger charge is 2.50. The fraction of sp³-hybridized carbons (Fsp3) is 0.292. The number of halogens is 6. The van der Waals surface area contributed by atoms with E-state index >= 15 is 0 Å². The summed E-state index contributed by atoms with van der Waals surface area (Å²) in [4.78, 5) is 54.3. The van der Waals surface area contributed by atoms with Gasteiger partial charge in [0, 0.05) is 18.3 Å². The number of alkyl halides is 3. The van der Waals surface area contributed by atoms with Crippen LogP contribution in [0.5, 0.6) is 0 Å². The van der Waals surface area contributed by atoms with E-state index in [1.165, 1.54) is 0 Å². The van der Waals surface area contributed by atoms with E-state index in [1.54, 1.807) is 5.32 Å². The second-order valence-corrected chi connectivity index (χ2v) is 9.15. The van der Waals surface area contributed by atoms with Crippen molar-refractivity contribution in [1.29, 1.82) is 0 Å². The second-order valence-electron chi connectivity index (χ2n) is 9.15. The number of aliphatic carboxylic acids is 1. The number of rotatable bonds is 6. The predicted molar refractivity (Wildman–Crippen MR) is 122 cm³/mol. The number of amides is 2. The van der Waals surface area contributed by atoms with Gasteiger partial charge >= 0.3 is 18.2 Å². The van der Waals surface area contributed by atoms with Gasteiger partial charge in [-0.3, -0.25) is 19.1 Å². The highest BCUT2D eigenvalue weighted by atomic mass is 19.4. The Morgan fingerprint density at radius 3 is 2.30 bits per heavy atom. The number of hydrogen-bond acceptors (Lipinski definition) is 6. The molecule has 1 aliphatic carbocycles. The minimum absolute atomic E-state index is 0.187. The fourth-order valence-corrected chi connectivity index (χ4v) is 4.33. The topological polar surface area (TPSA) is 131 Å². The Bertz CT molecular complexity index is 1610. The Labute approximate surface area is 218 Å². The first-order valence-corrected chi connectivity index (χ1v) is 11.6. The van der Waals surface area contributed by atoms with Gasteiger partial charge in [0.25, 0.3) is 5.91 Å². The van der Waals surface area contributed by atoms with Gasteiger partial charge in [0.15, 0.2) is 17.3 Å². The van der Waals surface area contributed by atoms with Crippen molar-refractivity contribution < 1.29 is 50.6 Å². The van der Waals surface area contributed by atoms with Gasteiger partial charge in [0.05, 0.1) is 11.9 Å². The van der Waals surface area contributed by atoms with Crippen LogP contribution in [0.15, 0.2) is 35.3 Å². The number of hydrogen-bond donors (Lipinski definition) is 2. The maximum Gasteiger partial charge on any atom is 0.416 e. The zero-order chi connectivity index (χ0) is 29.1. The van der Waals surface area contributed by atoms with E-state index in [-0.39, 0.29) is 30.8 Å². The van der Waals surface area contributed by atoms with Gasteiger partial charge in [-0.25, -0.2) is 27.7 Å². The molecule has 1 saturated heterocycles. The number of fused-ring (bicyclic) bond motifs is 1. The van der Waals surface area contributed by atoms with E-state index in [4.69, 9.17) is 9.84 Å². The normalized spacial score (nSPS) is 18.1. The van der Waals surface area contributed by atoms with Gasteiger partial charge in [0.1, 0.15) is 28.9 Å². The highest BCUT2D eigenvalue weighted by Crippen LogP contribution is 2.40. The van der Waals surface area contributed by atoms with E-state index in [9.17, 15) is 45.5 Å². The van der Waals surface area contributed by atoms with Crippen molar-refractivity contribution in [3.8, 4) is 5.69 Å². The molecule has 2 aromatic heterocycles. The molecule has 2 aliphatic rings. The van der Waals surface area contributed by atoms with Crippen LogP contribution in [0.3, 0.4) is 0 Å². The molecule has 2 fully saturated rings. The first-order chi connectivity index (χ1) is 18.8. The van der Waals surface area contributed by atoms with Crippen molar-refractivity contribution in [1.82, 2.24) is 14.9 Å². The average molecular weight is 570 g/mol. The number of benzene rings is 1. The predicted octanol–water partition coefficient (Wildman–Crippen LogP) is 3.28. The second kappa shape index (κ2) is 9.53. The third-order valence-electron chi connectivity index (χ3n) is 6.40. The zero-order valence-electron chi connectivity index (χ0n) is 19.8. The molecule has 3 heterocycles. The standard InChI is InChI=1S/C24H16F6N4O6/c25-10-5-13(26)17(14(27)6-10)34-7-12(21(36)32-19(9-1-2-9)24(28,29)30)18(35)11-3-4-16(31-20(11)34)33-8-15(22(37)38)40-23(33)39/h3-7,9,15,19H,1-2,8H2,(H,32,36)(H,37,38)/t15-,19?/m0/s1. The molecule has 40 heavy (non-hydrogen) atoms. The van der Waals surface area contributed by atoms with Crippen molar-refractivity contribution in [2.45, 2.75) is 31.2 Å². The number of aromatic nitrogens is 2. The van der Waals surface area contributed by atoms with Gasteiger partial charge in [-0.1, -0.05) is 0 Å². The maximum absolute atomic E-state index is 14.8. The van der Waals surface area contributed by atoms with Crippen LogP contribution in [0, 0.1) is 23.4 Å². The summed E-state index contributed by atoms with van der Waals surface area (Å²) < 4.78 is 89.1. The summed E-state index contributed by atoms with van der Waals surface area (Å²) in [6, 6.07) is 0.325. The van der Waals surface area contributed by atoms with Crippen molar-refractivity contribution >= 4 is 34.8 Å². The summed E-state index contributed by atoms with van der Waals surface area (Å²) in [6.45, 7) is -0.517. The van der Waals surface area contributed by atoms with Crippen LogP contribution in [0.25, 0.3) is 16.7 Å². The summed E-state index contributed by atoms with van der Waals surface area (Å²) in [5, 5.41) is 10.4. The molecule has 1 saturated carbocycles.